The van der Waals surface area contributed by atoms with Crippen LogP contribution in [0.15, 0.2) is 18.2 Å². The summed E-state index contributed by atoms with van der Waals surface area (Å²) >= 11 is 6.15. The van der Waals surface area contributed by atoms with Crippen molar-refractivity contribution in [3.63, 3.8) is 0 Å². The summed E-state index contributed by atoms with van der Waals surface area (Å²) in [5.74, 6) is -0.671. The number of rotatable bonds is 5. The van der Waals surface area contributed by atoms with E-state index in [1.165, 1.54) is 12.1 Å². The molecule has 116 valence electrons. The summed E-state index contributed by atoms with van der Waals surface area (Å²) in [5.41, 5.74) is 0.744. The molecule has 1 atom stereocenters. The van der Waals surface area contributed by atoms with E-state index in [9.17, 15) is 9.18 Å². The SMILES string of the molecule is CCOC(=O)CC(c1ccc(F)cc1Cl)N1CCOCC1. The standard InChI is InChI=1S/C15H19ClFNO3/c1-2-21-15(19)10-14(18-5-7-20-8-6-18)12-4-3-11(17)9-13(12)16/h3-4,9,14H,2,5-8,10H2,1H3. The molecular weight excluding hydrogens is 297 g/mol. The molecule has 0 aromatic heterocycles. The summed E-state index contributed by atoms with van der Waals surface area (Å²) in [5, 5.41) is 0.329. The molecule has 6 heteroatoms. The maximum Gasteiger partial charge on any atom is 0.307 e. The molecule has 0 aliphatic carbocycles. The van der Waals surface area contributed by atoms with Crippen LogP contribution >= 0.6 is 11.6 Å². The number of hydrogen-bond donors (Lipinski definition) is 0. The molecule has 1 aliphatic heterocycles. The van der Waals surface area contributed by atoms with Crippen molar-refractivity contribution in [1.82, 2.24) is 4.90 Å². The van der Waals surface area contributed by atoms with E-state index in [0.29, 0.717) is 37.9 Å². The number of esters is 1. The largest absolute Gasteiger partial charge is 0.466 e. The number of carbonyl (C=O) groups is 1. The fourth-order valence-corrected chi connectivity index (χ4v) is 2.77. The first-order valence-electron chi connectivity index (χ1n) is 7.04. The number of hydrogen-bond acceptors (Lipinski definition) is 4. The van der Waals surface area contributed by atoms with Crippen LogP contribution < -0.4 is 0 Å². The van der Waals surface area contributed by atoms with Gasteiger partial charge in [-0.15, -0.1) is 0 Å². The minimum atomic E-state index is -0.388. The maximum absolute atomic E-state index is 13.2. The van der Waals surface area contributed by atoms with Gasteiger partial charge in [-0.25, -0.2) is 4.39 Å². The number of nitrogens with zero attached hydrogens (tertiary/aromatic N) is 1. The third kappa shape index (κ3) is 4.40. The number of benzene rings is 1. The Kier molecular flexibility index (Phi) is 5.96. The quantitative estimate of drug-likeness (QED) is 0.783. The monoisotopic (exact) mass is 315 g/mol. The van der Waals surface area contributed by atoms with Crippen molar-refractivity contribution in [2.75, 3.05) is 32.9 Å². The van der Waals surface area contributed by atoms with Crippen LogP contribution in [-0.4, -0.2) is 43.8 Å². The normalized spacial score (nSPS) is 17.5. The number of morpholine rings is 1. The van der Waals surface area contributed by atoms with E-state index in [-0.39, 0.29) is 24.2 Å². The molecular formula is C15H19ClFNO3. The third-order valence-electron chi connectivity index (χ3n) is 3.47. The van der Waals surface area contributed by atoms with Crippen molar-refractivity contribution in [1.29, 1.82) is 0 Å². The van der Waals surface area contributed by atoms with Crippen molar-refractivity contribution in [3.05, 3.63) is 34.6 Å². The van der Waals surface area contributed by atoms with Crippen LogP contribution in [0.4, 0.5) is 4.39 Å². The molecule has 21 heavy (non-hydrogen) atoms. The lowest BCUT2D eigenvalue weighted by atomic mass is 10.0. The average molecular weight is 316 g/mol. The Morgan fingerprint density at radius 3 is 2.81 bits per heavy atom. The second-order valence-electron chi connectivity index (χ2n) is 4.84. The van der Waals surface area contributed by atoms with Crippen molar-refractivity contribution in [2.24, 2.45) is 0 Å². The lowest BCUT2D eigenvalue weighted by Gasteiger charge is -2.34. The third-order valence-corrected chi connectivity index (χ3v) is 3.80. The second-order valence-corrected chi connectivity index (χ2v) is 5.25. The molecule has 0 saturated carbocycles. The van der Waals surface area contributed by atoms with Gasteiger partial charge in [-0.1, -0.05) is 17.7 Å². The Balaban J connectivity index is 2.23. The van der Waals surface area contributed by atoms with E-state index in [2.05, 4.69) is 4.90 Å². The average Bonchev–Trinajstić information content (AvgIpc) is 2.47. The molecule has 0 bridgehead atoms. The van der Waals surface area contributed by atoms with Crippen molar-refractivity contribution < 1.29 is 18.7 Å². The molecule has 1 fully saturated rings. The van der Waals surface area contributed by atoms with Gasteiger partial charge >= 0.3 is 5.97 Å². The Hall–Kier alpha value is -1.17. The van der Waals surface area contributed by atoms with Gasteiger partial charge in [0.05, 0.1) is 26.2 Å². The van der Waals surface area contributed by atoms with E-state index in [1.807, 2.05) is 0 Å². The van der Waals surface area contributed by atoms with Crippen LogP contribution in [-0.2, 0) is 14.3 Å². The summed E-state index contributed by atoms with van der Waals surface area (Å²) < 4.78 is 23.6. The lowest BCUT2D eigenvalue weighted by Crippen LogP contribution is -2.40. The molecule has 0 radical (unpaired) electrons. The first-order chi connectivity index (χ1) is 10.1. The summed E-state index contributed by atoms with van der Waals surface area (Å²) in [6, 6.07) is 4.05. The zero-order chi connectivity index (χ0) is 15.2. The summed E-state index contributed by atoms with van der Waals surface area (Å²) in [6.45, 7) is 4.74. The van der Waals surface area contributed by atoms with E-state index in [1.54, 1.807) is 13.0 Å². The van der Waals surface area contributed by atoms with Crippen molar-refractivity contribution >= 4 is 17.6 Å². The van der Waals surface area contributed by atoms with E-state index >= 15 is 0 Å². The van der Waals surface area contributed by atoms with Gasteiger partial charge in [0.1, 0.15) is 5.82 Å². The highest BCUT2D eigenvalue weighted by Crippen LogP contribution is 2.31. The molecule has 0 N–H and O–H groups in total. The van der Waals surface area contributed by atoms with E-state index in [4.69, 9.17) is 21.1 Å². The zero-order valence-corrected chi connectivity index (χ0v) is 12.7. The number of ether oxygens (including phenoxy) is 2. The fourth-order valence-electron chi connectivity index (χ4n) is 2.47. The van der Waals surface area contributed by atoms with Crippen LogP contribution in [0.2, 0.25) is 5.02 Å². The van der Waals surface area contributed by atoms with Crippen LogP contribution in [0, 0.1) is 5.82 Å². The Morgan fingerprint density at radius 2 is 2.19 bits per heavy atom. The van der Waals surface area contributed by atoms with Crippen LogP contribution in [0.1, 0.15) is 24.9 Å². The van der Waals surface area contributed by atoms with Gasteiger partial charge in [0.2, 0.25) is 0 Å². The molecule has 1 aromatic carbocycles. The summed E-state index contributed by atoms with van der Waals surface area (Å²) in [4.78, 5) is 14.0. The highest BCUT2D eigenvalue weighted by Gasteiger charge is 2.27. The maximum atomic E-state index is 13.2. The second kappa shape index (κ2) is 7.73. The molecule has 0 amide bonds. The predicted octanol–water partition coefficient (Wildman–Crippen LogP) is 2.81. The van der Waals surface area contributed by atoms with Crippen LogP contribution in [0.5, 0.6) is 0 Å². The van der Waals surface area contributed by atoms with Crippen molar-refractivity contribution in [2.45, 2.75) is 19.4 Å². The molecule has 1 saturated heterocycles. The van der Waals surface area contributed by atoms with Gasteiger partial charge in [-0.05, 0) is 24.6 Å². The van der Waals surface area contributed by atoms with E-state index in [0.717, 1.165) is 5.56 Å². The Morgan fingerprint density at radius 1 is 1.48 bits per heavy atom. The van der Waals surface area contributed by atoms with Gasteiger partial charge in [0, 0.05) is 24.2 Å². The molecule has 0 spiro atoms. The van der Waals surface area contributed by atoms with E-state index < -0.39 is 0 Å². The predicted molar refractivity (Wildman–Crippen MR) is 77.8 cm³/mol. The Labute approximate surface area is 128 Å². The van der Waals surface area contributed by atoms with Gasteiger partial charge in [0.25, 0.3) is 0 Å². The molecule has 2 rings (SSSR count). The first-order valence-corrected chi connectivity index (χ1v) is 7.42. The van der Waals surface area contributed by atoms with Crippen molar-refractivity contribution in [3.8, 4) is 0 Å². The number of halogens is 2. The topological polar surface area (TPSA) is 38.8 Å². The highest BCUT2D eigenvalue weighted by atomic mass is 35.5. The van der Waals surface area contributed by atoms with Gasteiger partial charge in [-0.2, -0.15) is 0 Å². The Bertz CT molecular complexity index is 492. The van der Waals surface area contributed by atoms with Gasteiger partial charge in [0.15, 0.2) is 0 Å². The minimum absolute atomic E-state index is 0.194. The summed E-state index contributed by atoms with van der Waals surface area (Å²) in [7, 11) is 0. The van der Waals surface area contributed by atoms with Gasteiger partial charge < -0.3 is 9.47 Å². The molecule has 1 unspecified atom stereocenters. The van der Waals surface area contributed by atoms with Crippen LogP contribution in [0.3, 0.4) is 0 Å². The zero-order valence-electron chi connectivity index (χ0n) is 12.0. The smallest absolute Gasteiger partial charge is 0.307 e. The first kappa shape index (κ1) is 16.2. The number of carbonyl (C=O) groups excluding carboxylic acids is 1. The fraction of sp³-hybridized carbons (Fsp3) is 0.533. The molecule has 1 aromatic rings. The molecule has 4 nitrogen and oxygen atoms in total. The minimum Gasteiger partial charge on any atom is -0.466 e. The highest BCUT2D eigenvalue weighted by molar-refractivity contribution is 6.31. The molecule has 1 heterocycles. The molecule has 1 aliphatic rings. The summed E-state index contributed by atoms with van der Waals surface area (Å²) in [6.07, 6.45) is 0.194. The van der Waals surface area contributed by atoms with Gasteiger partial charge in [-0.3, -0.25) is 9.69 Å². The van der Waals surface area contributed by atoms with Crippen LogP contribution in [0.25, 0.3) is 0 Å². The lowest BCUT2D eigenvalue weighted by molar-refractivity contribution is -0.145.